The molecule has 0 atom stereocenters. The highest BCUT2D eigenvalue weighted by Gasteiger charge is 2.22. The maximum Gasteiger partial charge on any atom is 0.348 e. The van der Waals surface area contributed by atoms with Crippen LogP contribution >= 0.6 is 0 Å². The number of hydrogen-bond acceptors (Lipinski definition) is 5. The summed E-state index contributed by atoms with van der Waals surface area (Å²) in [4.78, 5) is 26.7. The number of aromatic nitrogens is 4. The van der Waals surface area contributed by atoms with E-state index in [1.807, 2.05) is 49.9 Å². The molecule has 2 aromatic carbocycles. The van der Waals surface area contributed by atoms with Crippen LogP contribution in [0.2, 0.25) is 0 Å². The highest BCUT2D eigenvalue weighted by atomic mass is 16.3. The first-order valence-corrected chi connectivity index (χ1v) is 13.4. The van der Waals surface area contributed by atoms with Gasteiger partial charge < -0.3 is 19.7 Å². The monoisotopic (exact) mass is 517 g/mol. The number of fused-ring (bicyclic) bond motifs is 1. The van der Waals surface area contributed by atoms with Crippen LogP contribution < -0.4 is 5.69 Å². The highest BCUT2D eigenvalue weighted by molar-refractivity contribution is 5.83. The fourth-order valence-corrected chi connectivity index (χ4v) is 5.49. The highest BCUT2D eigenvalue weighted by Crippen LogP contribution is 2.37. The van der Waals surface area contributed by atoms with E-state index < -0.39 is 5.69 Å². The fourth-order valence-electron chi connectivity index (χ4n) is 5.49. The molecule has 0 radical (unpaired) electrons. The van der Waals surface area contributed by atoms with E-state index in [4.69, 9.17) is 0 Å². The second-order valence-electron chi connectivity index (χ2n) is 10.5. The van der Waals surface area contributed by atoms with E-state index in [9.17, 15) is 19.8 Å². The molecular formula is C29H35N5O4. The quantitative estimate of drug-likeness (QED) is 0.327. The predicted molar refractivity (Wildman–Crippen MR) is 147 cm³/mol. The summed E-state index contributed by atoms with van der Waals surface area (Å²) in [6.45, 7) is 8.41. The van der Waals surface area contributed by atoms with E-state index >= 15 is 0 Å². The number of likely N-dealkylation sites (tertiary alicyclic amines) is 1. The lowest BCUT2D eigenvalue weighted by molar-refractivity contribution is -0.132. The van der Waals surface area contributed by atoms with E-state index in [1.165, 1.54) is 10.6 Å². The molecule has 0 saturated carbocycles. The number of aromatic hydroxyl groups is 2. The summed E-state index contributed by atoms with van der Waals surface area (Å²) in [5.74, 6) is 1.01. The van der Waals surface area contributed by atoms with Crippen LogP contribution in [-0.2, 0) is 11.3 Å². The fraction of sp³-hybridized carbons (Fsp3) is 0.414. The van der Waals surface area contributed by atoms with Crippen molar-refractivity contribution in [3.05, 3.63) is 58.6 Å². The van der Waals surface area contributed by atoms with Crippen LogP contribution in [-0.4, -0.2) is 53.4 Å². The molecule has 38 heavy (non-hydrogen) atoms. The molecule has 9 nitrogen and oxygen atoms in total. The zero-order valence-corrected chi connectivity index (χ0v) is 22.1. The van der Waals surface area contributed by atoms with Gasteiger partial charge >= 0.3 is 5.69 Å². The number of nitrogens with zero attached hydrogens (tertiary/aromatic N) is 4. The molecule has 1 aliphatic heterocycles. The van der Waals surface area contributed by atoms with Crippen molar-refractivity contribution in [1.82, 2.24) is 24.2 Å². The van der Waals surface area contributed by atoms with Crippen LogP contribution in [0.3, 0.4) is 0 Å². The average Bonchev–Trinajstić information content (AvgIpc) is 3.49. The Hall–Kier alpha value is -4.01. The maximum absolute atomic E-state index is 12.8. The Morgan fingerprint density at radius 1 is 1.11 bits per heavy atom. The van der Waals surface area contributed by atoms with Crippen molar-refractivity contribution in [2.45, 2.75) is 58.9 Å². The topological polar surface area (TPSA) is 116 Å². The van der Waals surface area contributed by atoms with Gasteiger partial charge in [-0.05, 0) is 67.0 Å². The summed E-state index contributed by atoms with van der Waals surface area (Å²) in [7, 11) is 0. The molecule has 0 bridgehead atoms. The lowest BCUT2D eigenvalue weighted by Gasteiger charge is -2.32. The molecule has 4 aromatic rings. The summed E-state index contributed by atoms with van der Waals surface area (Å²) in [6.07, 6.45) is 5.80. The van der Waals surface area contributed by atoms with Crippen LogP contribution in [0.4, 0.5) is 0 Å². The zero-order valence-electron chi connectivity index (χ0n) is 22.1. The van der Waals surface area contributed by atoms with Crippen molar-refractivity contribution in [3.63, 3.8) is 0 Å². The summed E-state index contributed by atoms with van der Waals surface area (Å²) in [5, 5.41) is 28.5. The molecule has 1 saturated heterocycles. The maximum atomic E-state index is 12.8. The molecule has 3 N–H and O–H groups in total. The number of phenols is 2. The average molecular weight is 518 g/mol. The minimum Gasteiger partial charge on any atom is -0.508 e. The van der Waals surface area contributed by atoms with Crippen LogP contribution in [0, 0.1) is 5.92 Å². The van der Waals surface area contributed by atoms with Crippen molar-refractivity contribution in [1.29, 1.82) is 0 Å². The molecule has 0 spiro atoms. The van der Waals surface area contributed by atoms with Crippen LogP contribution in [0.1, 0.15) is 57.9 Å². The van der Waals surface area contributed by atoms with Crippen molar-refractivity contribution >= 4 is 16.8 Å². The Kier molecular flexibility index (Phi) is 7.01. The number of benzene rings is 2. The summed E-state index contributed by atoms with van der Waals surface area (Å²) < 4.78 is 3.68. The smallest absolute Gasteiger partial charge is 0.348 e. The molecule has 2 aromatic heterocycles. The number of amides is 1. The Morgan fingerprint density at radius 3 is 2.58 bits per heavy atom. The van der Waals surface area contributed by atoms with Gasteiger partial charge in [-0.1, -0.05) is 20.8 Å². The van der Waals surface area contributed by atoms with E-state index in [1.54, 1.807) is 6.07 Å². The second-order valence-corrected chi connectivity index (χ2v) is 10.5. The van der Waals surface area contributed by atoms with Crippen molar-refractivity contribution < 1.29 is 15.0 Å². The van der Waals surface area contributed by atoms with Gasteiger partial charge in [0.25, 0.3) is 0 Å². The minimum absolute atomic E-state index is 0.00782. The number of hydrogen-bond donors (Lipinski definition) is 3. The third kappa shape index (κ3) is 4.80. The van der Waals surface area contributed by atoms with Gasteiger partial charge in [0.15, 0.2) is 5.82 Å². The molecule has 1 aliphatic rings. The molecule has 5 rings (SSSR count). The number of carbonyl (C=O) groups excluding carboxylic acids is 1. The summed E-state index contributed by atoms with van der Waals surface area (Å²) in [5.41, 5.74) is 2.34. The number of rotatable bonds is 7. The summed E-state index contributed by atoms with van der Waals surface area (Å²) >= 11 is 0. The normalized spacial score (nSPS) is 14.6. The summed E-state index contributed by atoms with van der Waals surface area (Å²) in [6, 6.07) is 10.9. The molecule has 1 amide bonds. The molecule has 0 unspecified atom stereocenters. The molecule has 3 heterocycles. The lowest BCUT2D eigenvalue weighted by Crippen LogP contribution is -2.38. The van der Waals surface area contributed by atoms with Gasteiger partial charge in [-0.3, -0.25) is 4.79 Å². The molecule has 0 aliphatic carbocycles. The van der Waals surface area contributed by atoms with E-state index in [2.05, 4.69) is 21.0 Å². The van der Waals surface area contributed by atoms with Crippen LogP contribution in [0.25, 0.3) is 28.0 Å². The Bertz CT molecular complexity index is 1520. The lowest BCUT2D eigenvalue weighted by atomic mass is 9.93. The molecular weight excluding hydrogens is 482 g/mol. The number of aromatic amines is 1. The van der Waals surface area contributed by atoms with Gasteiger partial charge in [0.05, 0.1) is 11.3 Å². The minimum atomic E-state index is -0.412. The first-order valence-electron chi connectivity index (χ1n) is 13.4. The number of H-pyrrole nitrogens is 1. The first kappa shape index (κ1) is 25.6. The number of nitrogens with one attached hydrogen (secondary N) is 1. The number of carbonyl (C=O) groups is 1. The van der Waals surface area contributed by atoms with Gasteiger partial charge in [-0.15, -0.1) is 0 Å². The van der Waals surface area contributed by atoms with E-state index in [0.29, 0.717) is 29.2 Å². The largest absolute Gasteiger partial charge is 0.508 e. The van der Waals surface area contributed by atoms with Crippen molar-refractivity contribution in [2.24, 2.45) is 5.92 Å². The molecule has 200 valence electrons. The Labute approximate surface area is 221 Å². The van der Waals surface area contributed by atoms with E-state index in [0.717, 1.165) is 49.8 Å². The van der Waals surface area contributed by atoms with Gasteiger partial charge in [-0.25, -0.2) is 14.5 Å². The SMILES string of the molecule is CCC(=O)N1CCC(CCn2ccc3cc(-n4c(-c5cc(C(C)C)c(O)cc5O)n[nH]c4=O)ccc32)CC1. The number of piperidine rings is 1. The molecule has 1 fully saturated rings. The van der Waals surface area contributed by atoms with Crippen molar-refractivity contribution in [2.75, 3.05) is 13.1 Å². The third-order valence-electron chi connectivity index (χ3n) is 7.74. The van der Waals surface area contributed by atoms with Crippen molar-refractivity contribution in [3.8, 4) is 28.6 Å². The van der Waals surface area contributed by atoms with Gasteiger partial charge in [0.2, 0.25) is 5.91 Å². The van der Waals surface area contributed by atoms with E-state index in [-0.39, 0.29) is 29.1 Å². The third-order valence-corrected chi connectivity index (χ3v) is 7.74. The van der Waals surface area contributed by atoms with Gasteiger partial charge in [0.1, 0.15) is 11.5 Å². The van der Waals surface area contributed by atoms with Crippen LogP contribution in [0.5, 0.6) is 11.5 Å². The number of aryl methyl sites for hydroxylation is 1. The first-order chi connectivity index (χ1) is 18.3. The standard InChI is InChI=1S/C29H35N5O4/c1-4-27(37)33-12-8-19(9-13-33)7-11-32-14-10-20-15-21(5-6-24(20)32)34-28(30-31-29(34)38)23-16-22(18(2)3)25(35)17-26(23)36/h5-6,10,14-19,35-36H,4,7-9,11-13H2,1-3H3,(H,31,38). The van der Waals surface area contributed by atoms with Gasteiger partial charge in [-0.2, -0.15) is 5.10 Å². The molecule has 9 heteroatoms. The number of phenolic OH excluding ortho intramolecular Hbond substituents is 2. The second kappa shape index (κ2) is 10.4. The Balaban J connectivity index is 1.38. The van der Waals surface area contributed by atoms with Crippen LogP contribution in [0.15, 0.2) is 47.4 Å². The van der Waals surface area contributed by atoms with Gasteiger partial charge in [0, 0.05) is 49.2 Å². The zero-order chi connectivity index (χ0) is 27.0. The predicted octanol–water partition coefficient (Wildman–Crippen LogP) is 4.76. The Morgan fingerprint density at radius 2 is 1.87 bits per heavy atom.